The molecule has 33 heavy (non-hydrogen) atoms. The molecule has 2 fully saturated rings. The summed E-state index contributed by atoms with van der Waals surface area (Å²) >= 11 is 0. The Hall–Kier alpha value is -2.51. The third kappa shape index (κ3) is 5.53. The first-order valence-electron chi connectivity index (χ1n) is 12.4. The molecule has 6 nitrogen and oxygen atoms in total. The number of nitrogens with one attached hydrogen (secondary N) is 1. The molecule has 180 valence electrons. The number of hydrazine groups is 1. The van der Waals surface area contributed by atoms with Crippen molar-refractivity contribution >= 4 is 22.7 Å². The number of hydrogen-bond acceptors (Lipinski definition) is 6. The van der Waals surface area contributed by atoms with E-state index in [4.69, 9.17) is 5.73 Å². The molecule has 2 aromatic rings. The number of aryl methyl sites for hydroxylation is 2. The molecular formula is C26H39FN6. The second-order valence-corrected chi connectivity index (χ2v) is 9.28. The predicted molar refractivity (Wildman–Crippen MR) is 138 cm³/mol. The normalized spacial score (nSPS) is 18.4. The van der Waals surface area contributed by atoms with Crippen LogP contribution in [0, 0.1) is 5.82 Å². The summed E-state index contributed by atoms with van der Waals surface area (Å²) in [6.07, 6.45) is 3.00. The van der Waals surface area contributed by atoms with Crippen molar-refractivity contribution in [3.05, 3.63) is 47.3 Å². The van der Waals surface area contributed by atoms with Gasteiger partial charge in [0.1, 0.15) is 5.82 Å². The fourth-order valence-corrected chi connectivity index (χ4v) is 4.88. The van der Waals surface area contributed by atoms with E-state index in [0.29, 0.717) is 11.4 Å². The van der Waals surface area contributed by atoms with Gasteiger partial charge in [-0.3, -0.25) is 0 Å². The first kappa shape index (κ1) is 23.6. The number of likely N-dealkylation sites (N-methyl/N-ethyl adjacent to an activating group) is 1. The van der Waals surface area contributed by atoms with Crippen LogP contribution in [0.2, 0.25) is 0 Å². The van der Waals surface area contributed by atoms with E-state index in [1.807, 2.05) is 6.07 Å². The molecule has 3 N–H and O–H groups in total. The van der Waals surface area contributed by atoms with E-state index in [1.54, 1.807) is 0 Å². The molecule has 2 aliphatic heterocycles. The SMILES string of the molecule is CCc1cc(N2CCN(Nc3ccc(N4CCCN(C)CC4)cc3CC)CC2)c(F)cc1N. The summed E-state index contributed by atoms with van der Waals surface area (Å²) < 4.78 is 14.6. The van der Waals surface area contributed by atoms with Crippen molar-refractivity contribution in [1.82, 2.24) is 9.91 Å². The van der Waals surface area contributed by atoms with Crippen molar-refractivity contribution in [3.63, 3.8) is 0 Å². The fraction of sp³-hybridized carbons (Fsp3) is 0.538. The molecule has 0 atom stereocenters. The number of rotatable bonds is 6. The van der Waals surface area contributed by atoms with Crippen LogP contribution in [-0.2, 0) is 12.8 Å². The van der Waals surface area contributed by atoms with Gasteiger partial charge in [-0.05, 0) is 74.3 Å². The maximum absolute atomic E-state index is 14.6. The highest BCUT2D eigenvalue weighted by Crippen LogP contribution is 2.28. The maximum Gasteiger partial charge on any atom is 0.148 e. The Morgan fingerprint density at radius 2 is 1.58 bits per heavy atom. The molecular weight excluding hydrogens is 415 g/mol. The largest absolute Gasteiger partial charge is 0.398 e. The summed E-state index contributed by atoms with van der Waals surface area (Å²) in [7, 11) is 2.21. The average Bonchev–Trinajstić information content (AvgIpc) is 3.04. The quantitative estimate of drug-likeness (QED) is 0.647. The highest BCUT2D eigenvalue weighted by atomic mass is 19.1. The van der Waals surface area contributed by atoms with Gasteiger partial charge in [0.05, 0.1) is 11.4 Å². The first-order valence-corrected chi connectivity index (χ1v) is 12.4. The Labute approximate surface area is 198 Å². The van der Waals surface area contributed by atoms with Crippen molar-refractivity contribution in [3.8, 4) is 0 Å². The number of benzene rings is 2. The second kappa shape index (κ2) is 10.6. The smallest absolute Gasteiger partial charge is 0.148 e. The number of halogens is 1. The topological polar surface area (TPSA) is 51.0 Å². The summed E-state index contributed by atoms with van der Waals surface area (Å²) in [5.41, 5.74) is 15.6. The van der Waals surface area contributed by atoms with E-state index in [1.165, 1.54) is 36.0 Å². The van der Waals surface area contributed by atoms with Gasteiger partial charge < -0.3 is 25.9 Å². The lowest BCUT2D eigenvalue weighted by atomic mass is 10.1. The molecule has 0 bridgehead atoms. The average molecular weight is 455 g/mol. The van der Waals surface area contributed by atoms with Crippen LogP contribution >= 0.6 is 0 Å². The Balaban J connectivity index is 1.39. The lowest BCUT2D eigenvalue weighted by molar-refractivity contribution is 0.307. The van der Waals surface area contributed by atoms with Gasteiger partial charge in [0, 0.05) is 57.2 Å². The van der Waals surface area contributed by atoms with E-state index in [-0.39, 0.29) is 5.82 Å². The molecule has 2 saturated heterocycles. The highest BCUT2D eigenvalue weighted by molar-refractivity contribution is 5.61. The van der Waals surface area contributed by atoms with Gasteiger partial charge in [-0.25, -0.2) is 9.40 Å². The van der Waals surface area contributed by atoms with Crippen molar-refractivity contribution in [2.45, 2.75) is 33.1 Å². The van der Waals surface area contributed by atoms with Crippen LogP contribution in [0.25, 0.3) is 0 Å². The van der Waals surface area contributed by atoms with Gasteiger partial charge in [-0.1, -0.05) is 13.8 Å². The van der Waals surface area contributed by atoms with Gasteiger partial charge in [0.15, 0.2) is 0 Å². The zero-order valence-electron chi connectivity index (χ0n) is 20.4. The zero-order valence-corrected chi connectivity index (χ0v) is 20.4. The Morgan fingerprint density at radius 3 is 2.30 bits per heavy atom. The monoisotopic (exact) mass is 454 g/mol. The molecule has 0 spiro atoms. The van der Waals surface area contributed by atoms with Gasteiger partial charge >= 0.3 is 0 Å². The lowest BCUT2D eigenvalue weighted by Crippen LogP contribution is -2.49. The molecule has 0 unspecified atom stereocenters. The number of nitrogens with two attached hydrogens (primary N) is 1. The van der Waals surface area contributed by atoms with Crippen molar-refractivity contribution in [2.75, 3.05) is 80.4 Å². The number of piperazine rings is 1. The molecule has 0 amide bonds. The molecule has 0 radical (unpaired) electrons. The maximum atomic E-state index is 14.6. The van der Waals surface area contributed by atoms with Crippen LogP contribution in [0.3, 0.4) is 0 Å². The molecule has 2 aliphatic rings. The van der Waals surface area contributed by atoms with Crippen LogP contribution in [-0.4, -0.2) is 69.3 Å². The number of nitrogen functional groups attached to an aromatic ring is 1. The highest BCUT2D eigenvalue weighted by Gasteiger charge is 2.21. The van der Waals surface area contributed by atoms with E-state index >= 15 is 0 Å². The third-order valence-corrected chi connectivity index (χ3v) is 7.04. The van der Waals surface area contributed by atoms with Crippen molar-refractivity contribution in [2.24, 2.45) is 0 Å². The molecule has 0 aliphatic carbocycles. The summed E-state index contributed by atoms with van der Waals surface area (Å²) in [6, 6.07) is 10.2. The molecule has 4 rings (SSSR count). The van der Waals surface area contributed by atoms with Gasteiger partial charge in [-0.2, -0.15) is 0 Å². The first-order chi connectivity index (χ1) is 16.0. The summed E-state index contributed by atoms with van der Waals surface area (Å²) in [5, 5.41) is 2.25. The second-order valence-electron chi connectivity index (χ2n) is 9.28. The minimum absolute atomic E-state index is 0.227. The van der Waals surface area contributed by atoms with Crippen molar-refractivity contribution < 1.29 is 4.39 Å². The van der Waals surface area contributed by atoms with E-state index < -0.39 is 0 Å². The van der Waals surface area contributed by atoms with Crippen molar-refractivity contribution in [1.29, 1.82) is 0 Å². The Bertz CT molecular complexity index is 941. The van der Waals surface area contributed by atoms with Crippen LogP contribution in [0.4, 0.5) is 27.1 Å². The molecule has 2 aromatic carbocycles. The lowest BCUT2D eigenvalue weighted by Gasteiger charge is -2.37. The molecule has 0 aromatic heterocycles. The van der Waals surface area contributed by atoms with Gasteiger partial charge in [-0.15, -0.1) is 0 Å². The van der Waals surface area contributed by atoms with Crippen LogP contribution < -0.4 is 21.0 Å². The molecule has 2 heterocycles. The molecule has 0 saturated carbocycles. The predicted octanol–water partition coefficient (Wildman–Crippen LogP) is 3.82. The number of hydrogen-bond donors (Lipinski definition) is 2. The minimum Gasteiger partial charge on any atom is -0.398 e. The fourth-order valence-electron chi connectivity index (χ4n) is 4.88. The summed E-state index contributed by atoms with van der Waals surface area (Å²) in [5.74, 6) is -0.227. The Morgan fingerprint density at radius 1 is 0.848 bits per heavy atom. The Kier molecular flexibility index (Phi) is 7.60. The van der Waals surface area contributed by atoms with E-state index in [9.17, 15) is 4.39 Å². The van der Waals surface area contributed by atoms with Gasteiger partial charge in [0.2, 0.25) is 0 Å². The molecule has 7 heteroatoms. The van der Waals surface area contributed by atoms with Crippen LogP contribution in [0.15, 0.2) is 30.3 Å². The zero-order chi connectivity index (χ0) is 23.4. The number of anilines is 4. The van der Waals surface area contributed by atoms with Crippen LogP contribution in [0.5, 0.6) is 0 Å². The number of nitrogens with zero attached hydrogens (tertiary/aromatic N) is 4. The third-order valence-electron chi connectivity index (χ3n) is 7.04. The summed E-state index contributed by atoms with van der Waals surface area (Å²) in [4.78, 5) is 7.05. The van der Waals surface area contributed by atoms with Crippen LogP contribution in [0.1, 0.15) is 31.4 Å². The van der Waals surface area contributed by atoms with E-state index in [0.717, 1.165) is 64.2 Å². The summed E-state index contributed by atoms with van der Waals surface area (Å²) in [6.45, 7) is 12.0. The van der Waals surface area contributed by atoms with Gasteiger partial charge in [0.25, 0.3) is 0 Å². The minimum atomic E-state index is -0.227. The standard InChI is InChI=1S/C26H39FN6/c1-4-20-18-26(23(27)19-24(20)28)32-13-15-33(16-14-32)29-25-8-7-22(17-21(25)5-2)31-10-6-9-30(3)11-12-31/h7-8,17-19,29H,4-6,9-16,28H2,1-3H3. The van der Waals surface area contributed by atoms with E-state index in [2.05, 4.69) is 64.2 Å².